The fraction of sp³-hybridized carbons (Fsp3) is 0.474. The van der Waals surface area contributed by atoms with Crippen LogP contribution in [0.5, 0.6) is 0 Å². The minimum Gasteiger partial charge on any atom is -0.371 e. The number of hydrogen-bond acceptors (Lipinski definition) is 4. The van der Waals surface area contributed by atoms with Crippen LogP contribution in [0, 0.1) is 0 Å². The molecule has 5 heteroatoms. The lowest BCUT2D eigenvalue weighted by molar-refractivity contribution is 0.102. The lowest BCUT2D eigenvalue weighted by Gasteiger charge is -2.29. The van der Waals surface area contributed by atoms with Crippen molar-refractivity contribution in [1.82, 2.24) is 5.16 Å². The molecule has 2 fully saturated rings. The minimum absolute atomic E-state index is 0.131. The first kappa shape index (κ1) is 15.2. The lowest BCUT2D eigenvalue weighted by atomic mass is 9.81. The molecule has 126 valence electrons. The van der Waals surface area contributed by atoms with E-state index in [0.717, 1.165) is 37.3 Å². The molecule has 1 aromatic carbocycles. The van der Waals surface area contributed by atoms with Crippen molar-refractivity contribution in [2.24, 2.45) is 0 Å². The quantitative estimate of drug-likeness (QED) is 0.916. The zero-order chi connectivity index (χ0) is 16.4. The third-order valence-corrected chi connectivity index (χ3v) is 5.16. The first-order chi connectivity index (χ1) is 11.8. The third kappa shape index (κ3) is 3.03. The van der Waals surface area contributed by atoms with E-state index in [1.54, 1.807) is 0 Å². The number of anilines is 2. The summed E-state index contributed by atoms with van der Waals surface area (Å²) in [5.74, 6) is 0.248. The molecule has 2 aliphatic rings. The molecular weight excluding hydrogens is 302 g/mol. The fourth-order valence-electron chi connectivity index (χ4n) is 3.52. The number of amides is 1. The first-order valence-corrected chi connectivity index (χ1v) is 8.92. The van der Waals surface area contributed by atoms with Gasteiger partial charge in [0.25, 0.3) is 5.91 Å². The van der Waals surface area contributed by atoms with Crippen molar-refractivity contribution >= 4 is 17.3 Å². The van der Waals surface area contributed by atoms with E-state index in [1.807, 2.05) is 12.1 Å². The lowest BCUT2D eigenvalue weighted by Crippen LogP contribution is -2.29. The summed E-state index contributed by atoms with van der Waals surface area (Å²) in [5.41, 5.74) is 3.38. The van der Waals surface area contributed by atoms with E-state index >= 15 is 0 Å². The number of nitrogens with zero attached hydrogens (tertiary/aromatic N) is 2. The summed E-state index contributed by atoms with van der Waals surface area (Å²) in [6, 6.07) is 8.10. The van der Waals surface area contributed by atoms with E-state index in [9.17, 15) is 4.79 Å². The van der Waals surface area contributed by atoms with Gasteiger partial charge in [-0.3, -0.25) is 4.79 Å². The van der Waals surface area contributed by atoms with Gasteiger partial charge >= 0.3 is 0 Å². The number of nitrogens with one attached hydrogen (secondary N) is 1. The van der Waals surface area contributed by atoms with Crippen molar-refractivity contribution < 1.29 is 9.32 Å². The number of carbonyl (C=O) groups is 1. The van der Waals surface area contributed by atoms with Crippen LogP contribution >= 0.6 is 0 Å². The molecule has 2 aromatic rings. The fourth-order valence-corrected chi connectivity index (χ4v) is 3.52. The molecule has 2 heterocycles. The first-order valence-electron chi connectivity index (χ1n) is 8.92. The number of hydrogen-bond donors (Lipinski definition) is 1. The van der Waals surface area contributed by atoms with Gasteiger partial charge in [0, 0.05) is 30.4 Å². The van der Waals surface area contributed by atoms with Gasteiger partial charge in [0.1, 0.15) is 11.8 Å². The van der Waals surface area contributed by atoms with Crippen LogP contribution in [0.1, 0.15) is 60.5 Å². The highest BCUT2D eigenvalue weighted by Gasteiger charge is 2.28. The van der Waals surface area contributed by atoms with E-state index in [4.69, 9.17) is 4.52 Å². The van der Waals surface area contributed by atoms with Crippen LogP contribution in [0.15, 0.2) is 35.1 Å². The smallest absolute Gasteiger partial charge is 0.260 e. The van der Waals surface area contributed by atoms with Crippen LogP contribution in [-0.2, 0) is 0 Å². The molecule has 1 saturated heterocycles. The Morgan fingerprint density at radius 1 is 1.17 bits per heavy atom. The van der Waals surface area contributed by atoms with Crippen molar-refractivity contribution in [1.29, 1.82) is 0 Å². The summed E-state index contributed by atoms with van der Waals surface area (Å²) in [7, 11) is 0. The van der Waals surface area contributed by atoms with Gasteiger partial charge in [-0.1, -0.05) is 17.6 Å². The third-order valence-electron chi connectivity index (χ3n) is 5.16. The molecule has 0 radical (unpaired) electrons. The Labute approximate surface area is 142 Å². The van der Waals surface area contributed by atoms with Crippen LogP contribution in [0.3, 0.4) is 0 Å². The predicted molar refractivity (Wildman–Crippen MR) is 93.6 cm³/mol. The van der Waals surface area contributed by atoms with Crippen molar-refractivity contribution in [2.75, 3.05) is 23.3 Å². The van der Waals surface area contributed by atoms with E-state index < -0.39 is 0 Å². The van der Waals surface area contributed by atoms with Crippen molar-refractivity contribution in [3.8, 4) is 0 Å². The number of piperidine rings is 1. The molecule has 0 atom stereocenters. The molecule has 24 heavy (non-hydrogen) atoms. The van der Waals surface area contributed by atoms with E-state index in [2.05, 4.69) is 27.5 Å². The largest absolute Gasteiger partial charge is 0.371 e. The molecule has 0 bridgehead atoms. The van der Waals surface area contributed by atoms with Gasteiger partial charge in [0.05, 0.1) is 5.69 Å². The van der Waals surface area contributed by atoms with Gasteiger partial charge in [-0.05, 0) is 50.3 Å². The summed E-state index contributed by atoms with van der Waals surface area (Å²) in [4.78, 5) is 15.0. The zero-order valence-corrected chi connectivity index (χ0v) is 13.8. The van der Waals surface area contributed by atoms with Crippen LogP contribution in [0.2, 0.25) is 0 Å². The average Bonchev–Trinajstić information content (AvgIpc) is 3.03. The van der Waals surface area contributed by atoms with E-state index in [1.165, 1.54) is 37.6 Å². The Hall–Kier alpha value is -2.30. The highest BCUT2D eigenvalue weighted by Crippen LogP contribution is 2.37. The molecule has 1 aliphatic heterocycles. The van der Waals surface area contributed by atoms with Gasteiger partial charge < -0.3 is 14.7 Å². The van der Waals surface area contributed by atoms with Crippen LogP contribution in [0.4, 0.5) is 11.4 Å². The molecule has 1 saturated carbocycles. The Bertz CT molecular complexity index is 715. The monoisotopic (exact) mass is 325 g/mol. The van der Waals surface area contributed by atoms with Crippen LogP contribution in [0.25, 0.3) is 0 Å². The summed E-state index contributed by atoms with van der Waals surface area (Å²) < 4.78 is 5.06. The summed E-state index contributed by atoms with van der Waals surface area (Å²) in [6.45, 7) is 2.18. The summed E-state index contributed by atoms with van der Waals surface area (Å²) in [6.07, 6.45) is 8.65. The molecule has 1 aromatic heterocycles. The molecule has 0 spiro atoms. The maximum Gasteiger partial charge on any atom is 0.260 e. The van der Waals surface area contributed by atoms with E-state index in [-0.39, 0.29) is 5.91 Å². The number of aromatic nitrogens is 1. The van der Waals surface area contributed by atoms with Crippen LogP contribution in [-0.4, -0.2) is 24.2 Å². The second-order valence-electron chi connectivity index (χ2n) is 6.79. The second-order valence-corrected chi connectivity index (χ2v) is 6.79. The van der Waals surface area contributed by atoms with Gasteiger partial charge in [0.15, 0.2) is 0 Å². The molecule has 1 N–H and O–H groups in total. The van der Waals surface area contributed by atoms with Crippen molar-refractivity contribution in [2.45, 2.75) is 44.4 Å². The molecule has 0 unspecified atom stereocenters. The highest BCUT2D eigenvalue weighted by atomic mass is 16.5. The average molecular weight is 325 g/mol. The van der Waals surface area contributed by atoms with Gasteiger partial charge in [0.2, 0.25) is 0 Å². The molecule has 1 aliphatic carbocycles. The molecule has 4 rings (SSSR count). The van der Waals surface area contributed by atoms with Crippen molar-refractivity contribution in [3.63, 3.8) is 0 Å². The van der Waals surface area contributed by atoms with Gasteiger partial charge in [-0.25, -0.2) is 0 Å². The maximum atomic E-state index is 12.6. The minimum atomic E-state index is -0.131. The Kier molecular flexibility index (Phi) is 4.24. The van der Waals surface area contributed by atoms with Gasteiger partial charge in [-0.15, -0.1) is 0 Å². The summed E-state index contributed by atoms with van der Waals surface area (Å²) >= 11 is 0. The molecule has 5 nitrogen and oxygen atoms in total. The Morgan fingerprint density at radius 3 is 2.75 bits per heavy atom. The molecule has 1 amide bonds. The Morgan fingerprint density at radius 2 is 2.00 bits per heavy atom. The topological polar surface area (TPSA) is 58.4 Å². The number of benzene rings is 1. The Balaban J connectivity index is 1.48. The van der Waals surface area contributed by atoms with E-state index in [0.29, 0.717) is 11.5 Å². The predicted octanol–water partition coefficient (Wildman–Crippen LogP) is 4.18. The highest BCUT2D eigenvalue weighted by molar-refractivity contribution is 6.05. The van der Waals surface area contributed by atoms with Gasteiger partial charge in [-0.2, -0.15) is 0 Å². The SMILES string of the molecule is O=C(Nc1cccc(N2CCCCC2)c1)c1conc1C1CCC1. The second kappa shape index (κ2) is 6.67. The number of rotatable bonds is 4. The van der Waals surface area contributed by atoms with Crippen molar-refractivity contribution in [3.05, 3.63) is 41.8 Å². The van der Waals surface area contributed by atoms with Crippen LogP contribution < -0.4 is 10.2 Å². The zero-order valence-electron chi connectivity index (χ0n) is 13.8. The number of carbonyl (C=O) groups excluding carboxylic acids is 1. The standard InChI is InChI=1S/C19H23N3O2/c23-19(17-13-24-21-18(17)14-6-4-7-14)20-15-8-5-9-16(12-15)22-10-2-1-3-11-22/h5,8-9,12-14H,1-4,6-7,10-11H2,(H,20,23). The normalized spacial score (nSPS) is 18.2. The maximum absolute atomic E-state index is 12.6. The summed E-state index contributed by atoms with van der Waals surface area (Å²) in [5, 5.41) is 7.05. The molecular formula is C19H23N3O2.